The molecule has 0 amide bonds. The van der Waals surface area contributed by atoms with E-state index in [1.54, 1.807) is 0 Å². The SMILES string of the molecule is CCNC(C)c1ccc(OCCCOCC(F)(F)F)cc1. The maximum atomic E-state index is 11.8. The molecule has 6 heteroatoms. The van der Waals surface area contributed by atoms with Crippen LogP contribution in [0.15, 0.2) is 24.3 Å². The zero-order chi connectivity index (χ0) is 15.7. The molecule has 1 aromatic rings. The van der Waals surface area contributed by atoms with Crippen LogP contribution in [0.1, 0.15) is 31.9 Å². The van der Waals surface area contributed by atoms with E-state index >= 15 is 0 Å². The van der Waals surface area contributed by atoms with E-state index in [4.69, 9.17) is 4.74 Å². The number of hydrogen-bond donors (Lipinski definition) is 1. The molecule has 0 saturated heterocycles. The Bertz CT molecular complexity index is 393. The number of halogens is 3. The van der Waals surface area contributed by atoms with Crippen molar-refractivity contribution in [3.05, 3.63) is 29.8 Å². The Kier molecular flexibility index (Phi) is 7.53. The molecule has 0 aliphatic heterocycles. The summed E-state index contributed by atoms with van der Waals surface area (Å²) in [5.74, 6) is 0.707. The van der Waals surface area contributed by atoms with Crippen molar-refractivity contribution in [1.29, 1.82) is 0 Å². The molecule has 1 N–H and O–H groups in total. The molecule has 3 nitrogen and oxygen atoms in total. The fraction of sp³-hybridized carbons (Fsp3) is 0.600. The second kappa shape index (κ2) is 8.89. The highest BCUT2D eigenvalue weighted by molar-refractivity contribution is 5.28. The van der Waals surface area contributed by atoms with Crippen LogP contribution < -0.4 is 10.1 Å². The summed E-state index contributed by atoms with van der Waals surface area (Å²) in [6.45, 7) is 4.20. The predicted octanol–water partition coefficient (Wildman–Crippen LogP) is 3.70. The Labute approximate surface area is 123 Å². The average Bonchev–Trinajstić information content (AvgIpc) is 2.42. The summed E-state index contributed by atoms with van der Waals surface area (Å²) < 4.78 is 45.4. The second-order valence-electron chi connectivity index (χ2n) is 4.72. The van der Waals surface area contributed by atoms with Gasteiger partial charge < -0.3 is 14.8 Å². The monoisotopic (exact) mass is 305 g/mol. The van der Waals surface area contributed by atoms with Crippen molar-refractivity contribution in [1.82, 2.24) is 5.32 Å². The number of alkyl halides is 3. The lowest BCUT2D eigenvalue weighted by Gasteiger charge is -2.13. The molecule has 0 aliphatic rings. The molecule has 1 aromatic carbocycles. The molecule has 0 fully saturated rings. The normalized spacial score (nSPS) is 13.2. The van der Waals surface area contributed by atoms with Crippen LogP contribution in [-0.2, 0) is 4.74 Å². The summed E-state index contributed by atoms with van der Waals surface area (Å²) in [4.78, 5) is 0. The average molecular weight is 305 g/mol. The highest BCUT2D eigenvalue weighted by Gasteiger charge is 2.27. The maximum Gasteiger partial charge on any atom is 0.411 e. The molecule has 0 radical (unpaired) electrons. The van der Waals surface area contributed by atoms with Gasteiger partial charge in [0.15, 0.2) is 0 Å². The zero-order valence-electron chi connectivity index (χ0n) is 12.4. The second-order valence-corrected chi connectivity index (χ2v) is 4.72. The van der Waals surface area contributed by atoms with Crippen LogP contribution in [0.4, 0.5) is 13.2 Å². The molecule has 0 spiro atoms. The molecule has 1 rings (SSSR count). The van der Waals surface area contributed by atoms with Crippen LogP contribution >= 0.6 is 0 Å². The number of rotatable bonds is 9. The third-order valence-electron chi connectivity index (χ3n) is 2.86. The summed E-state index contributed by atoms with van der Waals surface area (Å²) in [7, 11) is 0. The Hall–Kier alpha value is -1.27. The van der Waals surface area contributed by atoms with Gasteiger partial charge in [-0.05, 0) is 31.2 Å². The van der Waals surface area contributed by atoms with Gasteiger partial charge in [-0.1, -0.05) is 19.1 Å². The van der Waals surface area contributed by atoms with E-state index in [9.17, 15) is 13.2 Å². The van der Waals surface area contributed by atoms with Crippen molar-refractivity contribution in [2.24, 2.45) is 0 Å². The summed E-state index contributed by atoms with van der Waals surface area (Å²) in [5.41, 5.74) is 1.16. The minimum absolute atomic E-state index is 0.0368. The molecular weight excluding hydrogens is 283 g/mol. The summed E-state index contributed by atoms with van der Waals surface area (Å²) in [5, 5.41) is 3.31. The van der Waals surface area contributed by atoms with Crippen LogP contribution in [0, 0.1) is 0 Å². The fourth-order valence-corrected chi connectivity index (χ4v) is 1.82. The molecule has 0 bridgehead atoms. The van der Waals surface area contributed by atoms with Gasteiger partial charge in [0.25, 0.3) is 0 Å². The molecule has 120 valence electrons. The van der Waals surface area contributed by atoms with Crippen LogP contribution in [-0.4, -0.2) is 32.5 Å². The first-order valence-corrected chi connectivity index (χ1v) is 7.03. The summed E-state index contributed by atoms with van der Waals surface area (Å²) in [6.07, 6.45) is -3.84. The van der Waals surface area contributed by atoms with Gasteiger partial charge in [0, 0.05) is 12.5 Å². The molecule has 21 heavy (non-hydrogen) atoms. The van der Waals surface area contributed by atoms with Gasteiger partial charge in [-0.2, -0.15) is 13.2 Å². The van der Waals surface area contributed by atoms with Crippen molar-refractivity contribution < 1.29 is 22.6 Å². The largest absolute Gasteiger partial charge is 0.494 e. The first kappa shape index (κ1) is 17.8. The lowest BCUT2D eigenvalue weighted by molar-refractivity contribution is -0.174. The molecule has 0 heterocycles. The molecular formula is C15H22F3NO2. The summed E-state index contributed by atoms with van der Waals surface area (Å²) in [6, 6.07) is 7.95. The third-order valence-corrected chi connectivity index (χ3v) is 2.86. The van der Waals surface area contributed by atoms with Gasteiger partial charge in [-0.15, -0.1) is 0 Å². The Balaban J connectivity index is 2.21. The highest BCUT2D eigenvalue weighted by Crippen LogP contribution is 2.18. The van der Waals surface area contributed by atoms with E-state index < -0.39 is 12.8 Å². The topological polar surface area (TPSA) is 30.5 Å². The molecule has 1 atom stereocenters. The van der Waals surface area contributed by atoms with Crippen molar-refractivity contribution >= 4 is 0 Å². The number of ether oxygens (including phenoxy) is 2. The standard InChI is InChI=1S/C15H22F3NO2/c1-3-19-12(2)13-5-7-14(8-6-13)21-10-4-9-20-11-15(16,17)18/h5-8,12,19H,3-4,9-11H2,1-2H3. The molecule has 0 saturated carbocycles. The van der Waals surface area contributed by atoms with E-state index in [1.165, 1.54) is 0 Å². The number of benzene rings is 1. The van der Waals surface area contributed by atoms with Crippen molar-refractivity contribution in [2.45, 2.75) is 32.5 Å². The van der Waals surface area contributed by atoms with Gasteiger partial charge in [0.1, 0.15) is 12.4 Å². The zero-order valence-corrected chi connectivity index (χ0v) is 12.4. The minimum Gasteiger partial charge on any atom is -0.494 e. The van der Waals surface area contributed by atoms with E-state index in [0.29, 0.717) is 18.8 Å². The smallest absolute Gasteiger partial charge is 0.411 e. The number of hydrogen-bond acceptors (Lipinski definition) is 3. The Morgan fingerprint density at radius 3 is 2.38 bits per heavy atom. The minimum atomic E-state index is -4.26. The van der Waals surface area contributed by atoms with Gasteiger partial charge >= 0.3 is 6.18 Å². The van der Waals surface area contributed by atoms with E-state index in [2.05, 4.69) is 23.9 Å². The highest BCUT2D eigenvalue weighted by atomic mass is 19.4. The molecule has 1 unspecified atom stereocenters. The Morgan fingerprint density at radius 1 is 1.14 bits per heavy atom. The maximum absolute atomic E-state index is 11.8. The first-order chi connectivity index (χ1) is 9.92. The van der Waals surface area contributed by atoms with Crippen molar-refractivity contribution in [3.63, 3.8) is 0 Å². The number of nitrogens with one attached hydrogen (secondary N) is 1. The fourth-order valence-electron chi connectivity index (χ4n) is 1.82. The molecule has 0 aliphatic carbocycles. The summed E-state index contributed by atoms with van der Waals surface area (Å²) >= 11 is 0. The van der Waals surface area contributed by atoms with E-state index in [1.807, 2.05) is 24.3 Å². The lowest BCUT2D eigenvalue weighted by atomic mass is 10.1. The van der Waals surface area contributed by atoms with Gasteiger partial charge in [0.2, 0.25) is 0 Å². The third kappa shape index (κ3) is 7.92. The van der Waals surface area contributed by atoms with Crippen molar-refractivity contribution in [2.75, 3.05) is 26.4 Å². The van der Waals surface area contributed by atoms with Crippen LogP contribution in [0.3, 0.4) is 0 Å². The quantitative estimate of drug-likeness (QED) is 0.706. The van der Waals surface area contributed by atoms with Gasteiger partial charge in [-0.25, -0.2) is 0 Å². The first-order valence-electron chi connectivity index (χ1n) is 7.03. The predicted molar refractivity (Wildman–Crippen MR) is 75.5 cm³/mol. The van der Waals surface area contributed by atoms with E-state index in [-0.39, 0.29) is 12.6 Å². The van der Waals surface area contributed by atoms with Gasteiger partial charge in [-0.3, -0.25) is 0 Å². The van der Waals surface area contributed by atoms with Crippen molar-refractivity contribution in [3.8, 4) is 5.75 Å². The Morgan fingerprint density at radius 2 is 1.81 bits per heavy atom. The van der Waals surface area contributed by atoms with E-state index in [0.717, 1.165) is 12.1 Å². The van der Waals surface area contributed by atoms with Crippen LogP contribution in [0.2, 0.25) is 0 Å². The van der Waals surface area contributed by atoms with Gasteiger partial charge in [0.05, 0.1) is 13.2 Å². The van der Waals surface area contributed by atoms with Crippen LogP contribution in [0.5, 0.6) is 5.75 Å². The molecule has 0 aromatic heterocycles. The lowest BCUT2D eigenvalue weighted by Crippen LogP contribution is -2.18. The van der Waals surface area contributed by atoms with Crippen LogP contribution in [0.25, 0.3) is 0 Å².